The molecule has 3 heteroatoms. The van der Waals surface area contributed by atoms with Crippen LogP contribution >= 0.6 is 11.8 Å². The van der Waals surface area contributed by atoms with Crippen LogP contribution in [-0.4, -0.2) is 26.0 Å². The third-order valence-corrected chi connectivity index (χ3v) is 2.97. The standard InChI is InChI=1S/C12H19NOS/c1-10(9-14-2)13-8-11-4-6-12(15-3)7-5-11/h4-7,10,13H,8-9H2,1-3H3/t10-/m0/s1. The summed E-state index contributed by atoms with van der Waals surface area (Å²) in [5.74, 6) is 0. The summed E-state index contributed by atoms with van der Waals surface area (Å²) in [6.07, 6.45) is 2.09. The predicted molar refractivity (Wildman–Crippen MR) is 66.4 cm³/mol. The molecular weight excluding hydrogens is 206 g/mol. The first-order valence-electron chi connectivity index (χ1n) is 5.11. The van der Waals surface area contributed by atoms with Crippen molar-refractivity contribution in [1.29, 1.82) is 0 Å². The number of methoxy groups -OCH3 is 1. The zero-order valence-electron chi connectivity index (χ0n) is 9.62. The molecule has 1 aromatic rings. The zero-order valence-corrected chi connectivity index (χ0v) is 10.4. The Hall–Kier alpha value is -0.510. The lowest BCUT2D eigenvalue weighted by atomic mass is 10.2. The van der Waals surface area contributed by atoms with Gasteiger partial charge in [0.2, 0.25) is 0 Å². The molecule has 0 aliphatic heterocycles. The van der Waals surface area contributed by atoms with Crippen molar-refractivity contribution in [3.05, 3.63) is 29.8 Å². The number of nitrogens with one attached hydrogen (secondary N) is 1. The minimum Gasteiger partial charge on any atom is -0.383 e. The fourth-order valence-electron chi connectivity index (χ4n) is 1.34. The summed E-state index contributed by atoms with van der Waals surface area (Å²) < 4.78 is 5.06. The van der Waals surface area contributed by atoms with Crippen LogP contribution in [0.5, 0.6) is 0 Å². The van der Waals surface area contributed by atoms with E-state index >= 15 is 0 Å². The van der Waals surface area contributed by atoms with Gasteiger partial charge in [-0.15, -0.1) is 11.8 Å². The van der Waals surface area contributed by atoms with Gasteiger partial charge in [-0.05, 0) is 30.9 Å². The van der Waals surface area contributed by atoms with Gasteiger partial charge in [-0.3, -0.25) is 0 Å². The van der Waals surface area contributed by atoms with Crippen molar-refractivity contribution in [2.24, 2.45) is 0 Å². The summed E-state index contributed by atoms with van der Waals surface area (Å²) >= 11 is 1.77. The summed E-state index contributed by atoms with van der Waals surface area (Å²) in [6, 6.07) is 9.04. The third-order valence-electron chi connectivity index (χ3n) is 2.23. The lowest BCUT2D eigenvalue weighted by molar-refractivity contribution is 0.171. The maximum absolute atomic E-state index is 5.06. The van der Waals surface area contributed by atoms with E-state index in [0.717, 1.165) is 13.2 Å². The first-order valence-corrected chi connectivity index (χ1v) is 6.34. The Morgan fingerprint density at radius 2 is 2.00 bits per heavy atom. The van der Waals surface area contributed by atoms with E-state index in [0.29, 0.717) is 6.04 Å². The van der Waals surface area contributed by atoms with Gasteiger partial charge in [0, 0.05) is 24.6 Å². The highest BCUT2D eigenvalue weighted by Gasteiger charge is 2.00. The van der Waals surface area contributed by atoms with E-state index in [1.165, 1.54) is 10.5 Å². The largest absolute Gasteiger partial charge is 0.383 e. The van der Waals surface area contributed by atoms with Gasteiger partial charge in [0.05, 0.1) is 6.61 Å². The second kappa shape index (κ2) is 6.88. The molecule has 1 N–H and O–H groups in total. The molecule has 0 saturated carbocycles. The second-order valence-electron chi connectivity index (χ2n) is 3.59. The predicted octanol–water partition coefficient (Wildman–Crippen LogP) is 2.53. The number of hydrogen-bond donors (Lipinski definition) is 1. The van der Waals surface area contributed by atoms with E-state index in [1.54, 1.807) is 18.9 Å². The van der Waals surface area contributed by atoms with Crippen molar-refractivity contribution in [3.8, 4) is 0 Å². The van der Waals surface area contributed by atoms with Crippen molar-refractivity contribution >= 4 is 11.8 Å². The molecule has 0 aliphatic carbocycles. The highest BCUT2D eigenvalue weighted by Crippen LogP contribution is 2.14. The van der Waals surface area contributed by atoms with Crippen LogP contribution in [0.1, 0.15) is 12.5 Å². The molecule has 15 heavy (non-hydrogen) atoms. The second-order valence-corrected chi connectivity index (χ2v) is 4.47. The maximum atomic E-state index is 5.06. The molecule has 1 atom stereocenters. The normalized spacial score (nSPS) is 12.7. The molecule has 1 rings (SSSR count). The zero-order chi connectivity index (χ0) is 11.1. The van der Waals surface area contributed by atoms with E-state index in [9.17, 15) is 0 Å². The highest BCUT2D eigenvalue weighted by molar-refractivity contribution is 7.98. The Balaban J connectivity index is 2.37. The molecule has 0 spiro atoms. The van der Waals surface area contributed by atoms with Crippen LogP contribution in [0, 0.1) is 0 Å². The van der Waals surface area contributed by atoms with Crippen LogP contribution < -0.4 is 5.32 Å². The van der Waals surface area contributed by atoms with Gasteiger partial charge in [0.25, 0.3) is 0 Å². The van der Waals surface area contributed by atoms with Gasteiger partial charge in [-0.2, -0.15) is 0 Å². The molecule has 0 aliphatic rings. The molecule has 0 saturated heterocycles. The fraction of sp³-hybridized carbons (Fsp3) is 0.500. The van der Waals surface area contributed by atoms with E-state index in [4.69, 9.17) is 4.74 Å². The summed E-state index contributed by atoms with van der Waals surface area (Å²) in [5.41, 5.74) is 1.32. The van der Waals surface area contributed by atoms with Crippen LogP contribution in [0.2, 0.25) is 0 Å². The maximum Gasteiger partial charge on any atom is 0.0613 e. The van der Waals surface area contributed by atoms with Crippen LogP contribution in [0.25, 0.3) is 0 Å². The first-order chi connectivity index (χ1) is 7.26. The molecule has 1 aromatic carbocycles. The molecular formula is C12H19NOS. The monoisotopic (exact) mass is 225 g/mol. The smallest absolute Gasteiger partial charge is 0.0613 e. The summed E-state index contributed by atoms with van der Waals surface area (Å²) in [4.78, 5) is 1.31. The highest BCUT2D eigenvalue weighted by atomic mass is 32.2. The van der Waals surface area contributed by atoms with Crippen LogP contribution in [0.15, 0.2) is 29.2 Å². The first kappa shape index (κ1) is 12.6. The van der Waals surface area contributed by atoms with Crippen LogP contribution in [-0.2, 0) is 11.3 Å². The number of ether oxygens (including phenoxy) is 1. The van der Waals surface area contributed by atoms with Crippen molar-refractivity contribution in [2.75, 3.05) is 20.0 Å². The van der Waals surface area contributed by atoms with Crippen molar-refractivity contribution in [2.45, 2.75) is 24.4 Å². The topological polar surface area (TPSA) is 21.3 Å². The number of thioether (sulfide) groups is 1. The molecule has 0 amide bonds. The van der Waals surface area contributed by atoms with E-state index in [2.05, 4.69) is 42.8 Å². The van der Waals surface area contributed by atoms with E-state index in [-0.39, 0.29) is 0 Å². The quantitative estimate of drug-likeness (QED) is 0.752. The van der Waals surface area contributed by atoms with Gasteiger partial charge in [-0.25, -0.2) is 0 Å². The minimum absolute atomic E-state index is 0.398. The van der Waals surface area contributed by atoms with Gasteiger partial charge in [-0.1, -0.05) is 12.1 Å². The van der Waals surface area contributed by atoms with Crippen LogP contribution in [0.3, 0.4) is 0 Å². The van der Waals surface area contributed by atoms with Gasteiger partial charge >= 0.3 is 0 Å². The number of benzene rings is 1. The molecule has 0 unspecified atom stereocenters. The molecule has 0 fully saturated rings. The van der Waals surface area contributed by atoms with Gasteiger partial charge in [0.15, 0.2) is 0 Å². The van der Waals surface area contributed by atoms with Crippen molar-refractivity contribution < 1.29 is 4.74 Å². The molecule has 0 heterocycles. The molecule has 84 valence electrons. The number of rotatable bonds is 6. The average molecular weight is 225 g/mol. The lowest BCUT2D eigenvalue weighted by Crippen LogP contribution is -2.29. The Morgan fingerprint density at radius 1 is 1.33 bits per heavy atom. The average Bonchev–Trinajstić information content (AvgIpc) is 2.27. The lowest BCUT2D eigenvalue weighted by Gasteiger charge is -2.12. The SMILES string of the molecule is COC[C@H](C)NCc1ccc(SC)cc1. The summed E-state index contributed by atoms with van der Waals surface area (Å²) in [5, 5.41) is 3.41. The van der Waals surface area contributed by atoms with E-state index < -0.39 is 0 Å². The minimum atomic E-state index is 0.398. The molecule has 2 nitrogen and oxygen atoms in total. The molecule has 0 bridgehead atoms. The Labute approximate surface area is 96.4 Å². The number of hydrogen-bond acceptors (Lipinski definition) is 3. The van der Waals surface area contributed by atoms with Gasteiger partial charge < -0.3 is 10.1 Å². The van der Waals surface area contributed by atoms with Gasteiger partial charge in [0.1, 0.15) is 0 Å². The Kier molecular flexibility index (Phi) is 5.76. The van der Waals surface area contributed by atoms with Crippen LogP contribution in [0.4, 0.5) is 0 Å². The van der Waals surface area contributed by atoms with Crippen molar-refractivity contribution in [3.63, 3.8) is 0 Å². The molecule has 0 radical (unpaired) electrons. The Morgan fingerprint density at radius 3 is 2.53 bits per heavy atom. The Bertz CT molecular complexity index is 273. The summed E-state index contributed by atoms with van der Waals surface area (Å²) in [7, 11) is 1.73. The fourth-order valence-corrected chi connectivity index (χ4v) is 1.75. The summed E-state index contributed by atoms with van der Waals surface area (Å²) in [6.45, 7) is 3.78. The molecule has 0 aromatic heterocycles. The van der Waals surface area contributed by atoms with Crippen molar-refractivity contribution in [1.82, 2.24) is 5.32 Å². The third kappa shape index (κ3) is 4.69. The van der Waals surface area contributed by atoms with E-state index in [1.807, 2.05) is 0 Å².